The molecule has 2 amide bonds. The molecular formula is C11H19F3N2O4. The second kappa shape index (κ2) is 7.32. The van der Waals surface area contributed by atoms with E-state index in [1.807, 2.05) is 0 Å². The molecule has 0 aliphatic rings. The van der Waals surface area contributed by atoms with Gasteiger partial charge in [0.1, 0.15) is 13.2 Å². The van der Waals surface area contributed by atoms with Crippen molar-refractivity contribution in [3.8, 4) is 0 Å². The number of hydrogen-bond acceptors (Lipinski definition) is 3. The lowest BCUT2D eigenvalue weighted by Crippen LogP contribution is -2.52. The van der Waals surface area contributed by atoms with Gasteiger partial charge in [0.25, 0.3) is 0 Å². The molecule has 0 aliphatic carbocycles. The number of alkyl halides is 3. The van der Waals surface area contributed by atoms with E-state index in [4.69, 9.17) is 5.11 Å². The number of halogens is 3. The van der Waals surface area contributed by atoms with E-state index in [-0.39, 0.29) is 13.2 Å². The van der Waals surface area contributed by atoms with Crippen molar-refractivity contribution in [3.05, 3.63) is 0 Å². The first-order valence-corrected chi connectivity index (χ1v) is 5.85. The maximum Gasteiger partial charge on any atom is 0.411 e. The zero-order valence-corrected chi connectivity index (χ0v) is 11.6. The molecule has 0 aromatic heterocycles. The number of nitrogens with zero attached hydrogens (tertiary/aromatic N) is 1. The number of carboxylic acids is 1. The Labute approximate surface area is 114 Å². The van der Waals surface area contributed by atoms with Crippen LogP contribution in [0.1, 0.15) is 20.8 Å². The Morgan fingerprint density at radius 1 is 1.25 bits per heavy atom. The lowest BCUT2D eigenvalue weighted by atomic mass is 10.1. The molecule has 6 nitrogen and oxygen atoms in total. The van der Waals surface area contributed by atoms with Crippen LogP contribution in [0.5, 0.6) is 0 Å². The molecule has 2 N–H and O–H groups in total. The van der Waals surface area contributed by atoms with Gasteiger partial charge in [-0.1, -0.05) is 0 Å². The van der Waals surface area contributed by atoms with E-state index in [9.17, 15) is 22.8 Å². The average molecular weight is 300 g/mol. The van der Waals surface area contributed by atoms with E-state index >= 15 is 0 Å². The van der Waals surface area contributed by atoms with Crippen molar-refractivity contribution in [3.63, 3.8) is 0 Å². The molecule has 0 rings (SSSR count). The summed E-state index contributed by atoms with van der Waals surface area (Å²) in [7, 11) is 0. The predicted molar refractivity (Wildman–Crippen MR) is 64.4 cm³/mol. The molecular weight excluding hydrogens is 281 g/mol. The fraction of sp³-hybridized carbons (Fsp3) is 0.818. The van der Waals surface area contributed by atoms with E-state index in [2.05, 4.69) is 10.1 Å². The summed E-state index contributed by atoms with van der Waals surface area (Å²) < 4.78 is 39.7. The molecule has 0 bridgehead atoms. The van der Waals surface area contributed by atoms with E-state index in [0.717, 1.165) is 4.90 Å². The van der Waals surface area contributed by atoms with Crippen LogP contribution in [0.2, 0.25) is 0 Å². The molecule has 0 atom stereocenters. The molecule has 0 aromatic carbocycles. The second-order valence-electron chi connectivity index (χ2n) is 5.05. The van der Waals surface area contributed by atoms with E-state index in [1.54, 1.807) is 20.8 Å². The van der Waals surface area contributed by atoms with Crippen molar-refractivity contribution in [2.24, 2.45) is 0 Å². The van der Waals surface area contributed by atoms with Gasteiger partial charge in [-0.25, -0.2) is 4.79 Å². The molecule has 0 radical (unpaired) electrons. The fourth-order valence-corrected chi connectivity index (χ4v) is 1.26. The predicted octanol–water partition coefficient (Wildman–Crippen LogP) is 1.46. The molecule has 0 aliphatic heterocycles. The minimum absolute atomic E-state index is 0.138. The largest absolute Gasteiger partial charge is 0.480 e. The van der Waals surface area contributed by atoms with Gasteiger partial charge in [0.2, 0.25) is 0 Å². The van der Waals surface area contributed by atoms with Crippen LogP contribution in [0.15, 0.2) is 0 Å². The van der Waals surface area contributed by atoms with Gasteiger partial charge in [0.15, 0.2) is 0 Å². The number of amides is 2. The Hall–Kier alpha value is -1.51. The van der Waals surface area contributed by atoms with Gasteiger partial charge in [0, 0.05) is 12.1 Å². The highest BCUT2D eigenvalue weighted by molar-refractivity contribution is 5.80. The van der Waals surface area contributed by atoms with Crippen molar-refractivity contribution in [1.29, 1.82) is 0 Å². The van der Waals surface area contributed by atoms with Gasteiger partial charge < -0.3 is 20.1 Å². The van der Waals surface area contributed by atoms with Crippen molar-refractivity contribution in [1.82, 2.24) is 10.2 Å². The number of carboxylic acid groups (broad SMARTS) is 1. The Morgan fingerprint density at radius 2 is 1.80 bits per heavy atom. The maximum absolute atomic E-state index is 11.8. The van der Waals surface area contributed by atoms with E-state index in [0.29, 0.717) is 0 Å². The molecule has 0 spiro atoms. The number of rotatable bonds is 6. The Kier molecular flexibility index (Phi) is 6.77. The number of ether oxygens (including phenoxy) is 1. The molecule has 20 heavy (non-hydrogen) atoms. The monoisotopic (exact) mass is 300 g/mol. The summed E-state index contributed by atoms with van der Waals surface area (Å²) in [6, 6.07) is -0.671. The normalized spacial score (nSPS) is 12.1. The highest BCUT2D eigenvalue weighted by Crippen LogP contribution is 2.14. The maximum atomic E-state index is 11.8. The van der Waals surface area contributed by atoms with Gasteiger partial charge in [-0.3, -0.25) is 4.79 Å². The second-order valence-corrected chi connectivity index (χ2v) is 5.05. The van der Waals surface area contributed by atoms with Crippen LogP contribution in [0.3, 0.4) is 0 Å². The summed E-state index contributed by atoms with van der Waals surface area (Å²) in [6.07, 6.45) is -4.41. The summed E-state index contributed by atoms with van der Waals surface area (Å²) in [5.41, 5.74) is -0.727. The van der Waals surface area contributed by atoms with Crippen molar-refractivity contribution in [2.75, 3.05) is 26.3 Å². The van der Waals surface area contributed by atoms with Gasteiger partial charge in [0.05, 0.1) is 6.61 Å². The van der Waals surface area contributed by atoms with Crippen LogP contribution < -0.4 is 5.32 Å². The first-order valence-electron chi connectivity index (χ1n) is 5.85. The number of urea groups is 1. The van der Waals surface area contributed by atoms with Crippen molar-refractivity contribution >= 4 is 12.0 Å². The number of aliphatic carboxylic acids is 1. The average Bonchev–Trinajstić information content (AvgIpc) is 2.21. The van der Waals surface area contributed by atoms with E-state index < -0.39 is 36.9 Å². The third kappa shape index (κ3) is 8.57. The molecule has 0 saturated carbocycles. The fourth-order valence-electron chi connectivity index (χ4n) is 1.26. The molecule has 0 aromatic rings. The van der Waals surface area contributed by atoms with Crippen LogP contribution in [-0.2, 0) is 9.53 Å². The van der Waals surface area contributed by atoms with E-state index in [1.165, 1.54) is 0 Å². The van der Waals surface area contributed by atoms with Gasteiger partial charge in [-0.15, -0.1) is 0 Å². The minimum Gasteiger partial charge on any atom is -0.480 e. The van der Waals surface area contributed by atoms with Crippen LogP contribution in [0.25, 0.3) is 0 Å². The van der Waals surface area contributed by atoms with Crippen LogP contribution in [0.4, 0.5) is 18.0 Å². The number of carbonyl (C=O) groups excluding carboxylic acids is 1. The van der Waals surface area contributed by atoms with Crippen molar-refractivity contribution in [2.45, 2.75) is 32.5 Å². The lowest BCUT2D eigenvalue weighted by molar-refractivity contribution is -0.173. The topological polar surface area (TPSA) is 78.9 Å². The quantitative estimate of drug-likeness (QED) is 0.728. The number of carbonyl (C=O) groups is 2. The highest BCUT2D eigenvalue weighted by Gasteiger charge is 2.29. The Bertz CT molecular complexity index is 340. The summed E-state index contributed by atoms with van der Waals surface area (Å²) in [4.78, 5) is 23.5. The molecule has 0 fully saturated rings. The molecule has 0 saturated heterocycles. The number of nitrogens with one attached hydrogen (secondary N) is 1. The molecule has 118 valence electrons. The van der Waals surface area contributed by atoms with Crippen LogP contribution in [-0.4, -0.2) is 60.0 Å². The SMILES string of the molecule is CC(C)(C)N(CC(=O)O)C(=O)NCCOCC(F)(F)F. The summed E-state index contributed by atoms with van der Waals surface area (Å²) in [6.45, 7) is 2.61. The Morgan fingerprint density at radius 3 is 2.20 bits per heavy atom. The summed E-state index contributed by atoms with van der Waals surface area (Å²) >= 11 is 0. The lowest BCUT2D eigenvalue weighted by Gasteiger charge is -2.34. The smallest absolute Gasteiger partial charge is 0.411 e. The zero-order chi connectivity index (χ0) is 16.0. The van der Waals surface area contributed by atoms with Crippen molar-refractivity contribution < 1.29 is 32.6 Å². The number of hydrogen-bond donors (Lipinski definition) is 2. The van der Waals surface area contributed by atoms with Crippen LogP contribution >= 0.6 is 0 Å². The van der Waals surface area contributed by atoms with Gasteiger partial charge in [-0.05, 0) is 20.8 Å². The van der Waals surface area contributed by atoms with Gasteiger partial charge in [-0.2, -0.15) is 13.2 Å². The van der Waals surface area contributed by atoms with Gasteiger partial charge >= 0.3 is 18.2 Å². The Balaban J connectivity index is 4.18. The summed E-state index contributed by atoms with van der Waals surface area (Å²) in [5.74, 6) is -1.18. The summed E-state index contributed by atoms with van der Waals surface area (Å²) in [5, 5.41) is 11.0. The molecule has 9 heteroatoms. The molecule has 0 unspecified atom stereocenters. The zero-order valence-electron chi connectivity index (χ0n) is 11.6. The highest BCUT2D eigenvalue weighted by atomic mass is 19.4. The first kappa shape index (κ1) is 18.5. The third-order valence-electron chi connectivity index (χ3n) is 2.14. The van der Waals surface area contributed by atoms with Crippen LogP contribution in [0, 0.1) is 0 Å². The third-order valence-corrected chi connectivity index (χ3v) is 2.14. The standard InChI is InChI=1S/C11H19F3N2O4/c1-10(2,3)16(6-8(17)18)9(19)15-4-5-20-7-11(12,13)14/h4-7H2,1-3H3,(H,15,19)(H,17,18). The first-order chi connectivity index (χ1) is 8.93. The minimum atomic E-state index is -4.41. The molecule has 0 heterocycles.